The molecule has 2 atom stereocenters. The van der Waals surface area contributed by atoms with Crippen molar-refractivity contribution < 1.29 is 47.6 Å². The molecule has 0 saturated heterocycles. The van der Waals surface area contributed by atoms with Crippen LogP contribution in [-0.4, -0.2) is 36.8 Å². The third-order valence-electron chi connectivity index (χ3n) is 9.86. The molecule has 1 aromatic heterocycles. The molecular weight excluding hydrogens is 831 g/mol. The average Bonchev–Trinajstić information content (AvgIpc) is 3.83. The lowest BCUT2D eigenvalue weighted by molar-refractivity contribution is -0.144. The van der Waals surface area contributed by atoms with E-state index in [1.54, 1.807) is 61.6 Å². The third-order valence-corrected chi connectivity index (χ3v) is 10.6. The van der Waals surface area contributed by atoms with Crippen molar-refractivity contribution in [3.05, 3.63) is 177 Å². The zero-order valence-electron chi connectivity index (χ0n) is 36.7. The van der Waals surface area contributed by atoms with Crippen molar-refractivity contribution >= 4 is 35.0 Å². The molecule has 6 aromatic rings. The minimum absolute atomic E-state index is 0.105. The SMILES string of the molecule is CCOC(=O)CCC(Oc1cc(OCc2ccccc2)ccc1C(C)=O)c1ccccc1.CCOC(=O)CCC(Oc1cc(OCc2ccsc2)ccc1C(N)=O)c1ccccc1C. The summed E-state index contributed by atoms with van der Waals surface area (Å²) in [5.74, 6) is 0.640. The molecule has 0 saturated carbocycles. The van der Waals surface area contributed by atoms with Gasteiger partial charge in [-0.3, -0.25) is 19.2 Å². The van der Waals surface area contributed by atoms with Gasteiger partial charge >= 0.3 is 11.9 Å². The molecule has 11 nitrogen and oxygen atoms in total. The Morgan fingerprint density at radius 1 is 0.609 bits per heavy atom. The fraction of sp³-hybridized carbons (Fsp3) is 0.269. The number of ketones is 1. The molecule has 64 heavy (non-hydrogen) atoms. The molecule has 6 rings (SSSR count). The number of benzene rings is 5. The Labute approximate surface area is 379 Å². The third kappa shape index (κ3) is 15.2. The molecule has 5 aromatic carbocycles. The molecule has 0 radical (unpaired) electrons. The van der Waals surface area contributed by atoms with Crippen LogP contribution < -0.4 is 24.7 Å². The first kappa shape index (κ1) is 48.1. The molecule has 1 heterocycles. The van der Waals surface area contributed by atoms with Gasteiger partial charge in [-0.05, 0) is 109 Å². The Kier molecular flexibility index (Phi) is 19.0. The van der Waals surface area contributed by atoms with Crippen LogP contribution in [0.2, 0.25) is 0 Å². The summed E-state index contributed by atoms with van der Waals surface area (Å²) in [5.41, 5.74) is 11.3. The Balaban J connectivity index is 0.000000241. The molecule has 0 fully saturated rings. The van der Waals surface area contributed by atoms with Gasteiger partial charge in [0, 0.05) is 25.0 Å². The van der Waals surface area contributed by atoms with E-state index in [0.29, 0.717) is 67.8 Å². The molecule has 2 N–H and O–H groups in total. The molecule has 12 heteroatoms. The van der Waals surface area contributed by atoms with Gasteiger partial charge in [-0.1, -0.05) is 84.9 Å². The Morgan fingerprint density at radius 2 is 1.14 bits per heavy atom. The predicted octanol–water partition coefficient (Wildman–Crippen LogP) is 11.1. The number of hydrogen-bond donors (Lipinski definition) is 1. The van der Waals surface area contributed by atoms with Gasteiger partial charge in [0.25, 0.3) is 5.91 Å². The molecule has 1 amide bonds. The number of esters is 2. The van der Waals surface area contributed by atoms with Gasteiger partial charge in [0.1, 0.15) is 48.4 Å². The van der Waals surface area contributed by atoms with Crippen molar-refractivity contribution in [2.45, 2.75) is 78.8 Å². The molecule has 2 unspecified atom stereocenters. The quantitative estimate of drug-likeness (QED) is 0.0515. The minimum atomic E-state index is -0.599. The number of aryl methyl sites for hydroxylation is 1. The lowest BCUT2D eigenvalue weighted by atomic mass is 9.99. The van der Waals surface area contributed by atoms with E-state index in [1.165, 1.54) is 6.92 Å². The molecule has 0 aliphatic carbocycles. The van der Waals surface area contributed by atoms with E-state index in [9.17, 15) is 19.2 Å². The molecule has 0 aliphatic heterocycles. The van der Waals surface area contributed by atoms with E-state index < -0.39 is 18.1 Å². The summed E-state index contributed by atoms with van der Waals surface area (Å²) in [7, 11) is 0. The molecule has 334 valence electrons. The Hall–Kier alpha value is -6.92. The summed E-state index contributed by atoms with van der Waals surface area (Å²) in [6.45, 7) is 8.51. The van der Waals surface area contributed by atoms with E-state index in [0.717, 1.165) is 27.8 Å². The van der Waals surface area contributed by atoms with Crippen molar-refractivity contribution in [3.63, 3.8) is 0 Å². The number of rotatable bonds is 22. The largest absolute Gasteiger partial charge is 0.489 e. The summed E-state index contributed by atoms with van der Waals surface area (Å²) in [5, 5.41) is 4.00. The highest BCUT2D eigenvalue weighted by atomic mass is 32.1. The highest BCUT2D eigenvalue weighted by molar-refractivity contribution is 7.07. The van der Waals surface area contributed by atoms with Crippen LogP contribution >= 0.6 is 11.3 Å². The first-order valence-electron chi connectivity index (χ1n) is 21.2. The number of Topliss-reactive ketones (excluding diaryl/α,β-unsaturated/α-hetero) is 1. The van der Waals surface area contributed by atoms with Crippen LogP contribution in [0.1, 0.15) is 107 Å². The molecule has 0 aliphatic rings. The smallest absolute Gasteiger partial charge is 0.305 e. The molecule has 0 bridgehead atoms. The monoisotopic (exact) mass is 885 g/mol. The number of nitrogens with two attached hydrogens (primary N) is 1. The molecular formula is C52H55NO10S. The van der Waals surface area contributed by atoms with E-state index in [4.69, 9.17) is 34.2 Å². The number of hydrogen-bond acceptors (Lipinski definition) is 11. The standard InChI is InChI=1S/C27H28O5.C25H27NO5S/c1-3-30-27(29)17-16-25(22-12-8-5-9-13-22)32-26-18-23(14-15-24(26)20(2)28)31-19-21-10-6-4-7-11-21;1-3-29-24(27)11-10-22(20-7-5-4-6-17(20)2)31-23-14-19(8-9-21(23)25(26)28)30-15-18-12-13-32-16-18/h4-15,18,25H,3,16-17,19H2,1-2H3;4-9,12-14,16,22H,3,10-11,15H2,1-2H3,(H2,26,28). The number of ether oxygens (including phenoxy) is 6. The van der Waals surface area contributed by atoms with Crippen LogP contribution in [0.5, 0.6) is 23.0 Å². The van der Waals surface area contributed by atoms with Crippen molar-refractivity contribution in [1.82, 2.24) is 0 Å². The van der Waals surface area contributed by atoms with Gasteiger partial charge in [0.15, 0.2) is 5.78 Å². The topological polar surface area (TPSA) is 150 Å². The lowest BCUT2D eigenvalue weighted by Crippen LogP contribution is -2.17. The van der Waals surface area contributed by atoms with Gasteiger partial charge in [-0.25, -0.2) is 0 Å². The average molecular weight is 886 g/mol. The van der Waals surface area contributed by atoms with Gasteiger partial charge in [0.05, 0.1) is 24.3 Å². The number of thiophene rings is 1. The van der Waals surface area contributed by atoms with Crippen LogP contribution in [0.15, 0.2) is 138 Å². The number of carbonyl (C=O) groups excluding carboxylic acids is 4. The first-order chi connectivity index (χ1) is 31.0. The zero-order valence-corrected chi connectivity index (χ0v) is 37.5. The Bertz CT molecular complexity index is 2400. The zero-order chi connectivity index (χ0) is 45.7. The van der Waals surface area contributed by atoms with E-state index >= 15 is 0 Å². The van der Waals surface area contributed by atoms with Crippen LogP contribution in [0, 0.1) is 6.92 Å². The maximum absolute atomic E-state index is 12.2. The van der Waals surface area contributed by atoms with Gasteiger partial charge in [0.2, 0.25) is 0 Å². The van der Waals surface area contributed by atoms with Gasteiger partial charge in [-0.15, -0.1) is 0 Å². The minimum Gasteiger partial charge on any atom is -0.489 e. The number of amides is 1. The highest BCUT2D eigenvalue weighted by Gasteiger charge is 2.22. The summed E-state index contributed by atoms with van der Waals surface area (Å²) in [6, 6.07) is 39.4. The second-order valence-corrected chi connectivity index (χ2v) is 15.4. The predicted molar refractivity (Wildman–Crippen MR) is 247 cm³/mol. The summed E-state index contributed by atoms with van der Waals surface area (Å²) >= 11 is 1.60. The van der Waals surface area contributed by atoms with Gasteiger partial charge in [-0.2, -0.15) is 11.3 Å². The lowest BCUT2D eigenvalue weighted by Gasteiger charge is -2.23. The summed E-state index contributed by atoms with van der Waals surface area (Å²) in [4.78, 5) is 48.2. The maximum Gasteiger partial charge on any atom is 0.305 e. The molecule has 0 spiro atoms. The highest BCUT2D eigenvalue weighted by Crippen LogP contribution is 2.34. The second kappa shape index (κ2) is 25.3. The van der Waals surface area contributed by atoms with Crippen LogP contribution in [0.25, 0.3) is 0 Å². The Morgan fingerprint density at radius 3 is 1.70 bits per heavy atom. The van der Waals surface area contributed by atoms with Crippen molar-refractivity contribution in [2.24, 2.45) is 5.73 Å². The second-order valence-electron chi connectivity index (χ2n) is 14.6. The van der Waals surface area contributed by atoms with E-state index in [-0.39, 0.29) is 36.1 Å². The number of primary amides is 1. The van der Waals surface area contributed by atoms with Crippen molar-refractivity contribution in [3.8, 4) is 23.0 Å². The first-order valence-corrected chi connectivity index (χ1v) is 22.1. The summed E-state index contributed by atoms with van der Waals surface area (Å²) in [6.07, 6.45) is 0.339. The fourth-order valence-corrected chi connectivity index (χ4v) is 7.27. The van der Waals surface area contributed by atoms with Crippen molar-refractivity contribution in [2.75, 3.05) is 13.2 Å². The fourth-order valence-electron chi connectivity index (χ4n) is 6.61. The summed E-state index contributed by atoms with van der Waals surface area (Å²) < 4.78 is 34.5. The van der Waals surface area contributed by atoms with E-state index in [2.05, 4.69) is 0 Å². The van der Waals surface area contributed by atoms with Crippen LogP contribution in [0.3, 0.4) is 0 Å². The maximum atomic E-state index is 12.2. The normalized spacial score (nSPS) is 11.5. The van der Waals surface area contributed by atoms with Crippen LogP contribution in [-0.2, 0) is 32.3 Å². The van der Waals surface area contributed by atoms with Crippen molar-refractivity contribution in [1.29, 1.82) is 0 Å². The van der Waals surface area contributed by atoms with Crippen LogP contribution in [0.4, 0.5) is 0 Å². The van der Waals surface area contributed by atoms with Gasteiger partial charge < -0.3 is 34.2 Å². The van der Waals surface area contributed by atoms with E-state index in [1.807, 2.05) is 109 Å². The number of carbonyl (C=O) groups is 4.